The molecule has 3 fully saturated rings. The maximum absolute atomic E-state index is 14.5. The number of alkyl halides is 3. The van der Waals surface area contributed by atoms with Crippen LogP contribution in [0.25, 0.3) is 0 Å². The maximum Gasteiger partial charge on any atom is 0.416 e. The molecule has 2 aromatic rings. The second-order valence-electron chi connectivity index (χ2n) is 9.65. The Bertz CT molecular complexity index is 1160. The monoisotopic (exact) mass is 551 g/mol. The number of hydrogen-bond donors (Lipinski definition) is 1. The lowest BCUT2D eigenvalue weighted by molar-refractivity contribution is -0.137. The van der Waals surface area contributed by atoms with Gasteiger partial charge in [0.2, 0.25) is 0 Å². The fraction of sp³-hybridized carbons (Fsp3) is 0.480. The lowest BCUT2D eigenvalue weighted by Gasteiger charge is -2.39. The molecule has 2 heterocycles. The van der Waals surface area contributed by atoms with E-state index < -0.39 is 46.2 Å². The predicted molar refractivity (Wildman–Crippen MR) is 125 cm³/mol. The van der Waals surface area contributed by atoms with Gasteiger partial charge in [-0.05, 0) is 79.8 Å². The van der Waals surface area contributed by atoms with E-state index in [0.29, 0.717) is 31.5 Å². The highest BCUT2D eigenvalue weighted by Crippen LogP contribution is 2.45. The first-order valence-corrected chi connectivity index (χ1v) is 11.9. The highest BCUT2D eigenvalue weighted by atomic mass is 35.5. The van der Waals surface area contributed by atoms with Crippen LogP contribution in [0.2, 0.25) is 5.02 Å². The van der Waals surface area contributed by atoms with Crippen LogP contribution in [0.1, 0.15) is 71.5 Å². The number of carbonyl (C=O) groups is 1. The summed E-state index contributed by atoms with van der Waals surface area (Å²) in [5.41, 5.74) is 0.232. The molecule has 36 heavy (non-hydrogen) atoms. The smallest absolute Gasteiger partial charge is 0.416 e. The summed E-state index contributed by atoms with van der Waals surface area (Å²) in [6, 6.07) is 4.03. The Hall–Kier alpha value is -2.10. The van der Waals surface area contributed by atoms with Gasteiger partial charge in [0.15, 0.2) is 11.6 Å². The Morgan fingerprint density at radius 3 is 2.25 bits per heavy atom. The predicted octanol–water partition coefficient (Wildman–Crippen LogP) is 7.21. The SMILES string of the molecule is Cl.O=C(O)c1cc(C2CC2)c(CN2[C@@H]3CC[C@H]2C[C@@H](Oc2cc(C(F)(F)F)cc(Cl)c2F)C3)cc1F. The van der Waals surface area contributed by atoms with Gasteiger partial charge in [-0.1, -0.05) is 11.6 Å². The number of carboxylic acids is 1. The molecule has 1 N–H and O–H groups in total. The van der Waals surface area contributed by atoms with E-state index >= 15 is 0 Å². The number of piperidine rings is 1. The van der Waals surface area contributed by atoms with Gasteiger partial charge in [-0.15, -0.1) is 12.4 Å². The molecule has 0 radical (unpaired) electrons. The van der Waals surface area contributed by atoms with Crippen LogP contribution in [0.15, 0.2) is 24.3 Å². The van der Waals surface area contributed by atoms with Crippen LogP contribution in [0, 0.1) is 11.6 Å². The van der Waals surface area contributed by atoms with Gasteiger partial charge >= 0.3 is 12.1 Å². The van der Waals surface area contributed by atoms with Crippen LogP contribution >= 0.6 is 24.0 Å². The molecule has 0 spiro atoms. The number of ether oxygens (including phenoxy) is 1. The molecule has 3 atom stereocenters. The number of hydrogen-bond acceptors (Lipinski definition) is 3. The zero-order valence-corrected chi connectivity index (χ0v) is 20.5. The molecule has 5 rings (SSSR count). The Morgan fingerprint density at radius 2 is 1.69 bits per heavy atom. The first kappa shape index (κ1) is 26.9. The molecule has 2 bridgehead atoms. The molecule has 11 heteroatoms. The molecule has 196 valence electrons. The van der Waals surface area contributed by atoms with Crippen LogP contribution in [-0.4, -0.2) is 34.2 Å². The third-order valence-corrected chi connectivity index (χ3v) is 7.56. The van der Waals surface area contributed by atoms with Crippen molar-refractivity contribution < 1.29 is 36.6 Å². The van der Waals surface area contributed by atoms with Crippen LogP contribution < -0.4 is 4.74 Å². The minimum atomic E-state index is -4.68. The van der Waals surface area contributed by atoms with Crippen molar-refractivity contribution in [2.45, 2.75) is 75.4 Å². The summed E-state index contributed by atoms with van der Waals surface area (Å²) in [7, 11) is 0. The van der Waals surface area contributed by atoms with E-state index in [1.54, 1.807) is 0 Å². The van der Waals surface area contributed by atoms with Crippen molar-refractivity contribution in [3.63, 3.8) is 0 Å². The molecule has 1 saturated carbocycles. The summed E-state index contributed by atoms with van der Waals surface area (Å²) >= 11 is 5.68. The number of benzene rings is 2. The van der Waals surface area contributed by atoms with Gasteiger partial charge in [-0.3, -0.25) is 4.90 Å². The summed E-state index contributed by atoms with van der Waals surface area (Å²) in [6.45, 7) is 0.453. The molecule has 0 unspecified atom stereocenters. The van der Waals surface area contributed by atoms with E-state index in [-0.39, 0.29) is 36.0 Å². The van der Waals surface area contributed by atoms with E-state index in [9.17, 15) is 31.9 Å². The van der Waals surface area contributed by atoms with Crippen molar-refractivity contribution in [3.05, 3.63) is 63.2 Å². The van der Waals surface area contributed by atoms with Crippen molar-refractivity contribution in [1.82, 2.24) is 4.90 Å². The molecule has 1 aliphatic carbocycles. The zero-order valence-electron chi connectivity index (χ0n) is 19.0. The third-order valence-electron chi connectivity index (χ3n) is 7.29. The molecule has 2 aliphatic heterocycles. The van der Waals surface area contributed by atoms with Crippen molar-refractivity contribution in [2.24, 2.45) is 0 Å². The fourth-order valence-corrected chi connectivity index (χ4v) is 5.69. The Labute approximate surface area is 215 Å². The molecule has 0 amide bonds. The Kier molecular flexibility index (Phi) is 7.48. The minimum absolute atomic E-state index is 0. The van der Waals surface area contributed by atoms with Crippen molar-refractivity contribution in [3.8, 4) is 5.75 Å². The summed E-state index contributed by atoms with van der Waals surface area (Å²) in [4.78, 5) is 13.6. The molecule has 4 nitrogen and oxygen atoms in total. The van der Waals surface area contributed by atoms with E-state index in [1.807, 2.05) is 0 Å². The summed E-state index contributed by atoms with van der Waals surface area (Å²) in [5.74, 6) is -3.35. The average molecular weight is 552 g/mol. The van der Waals surface area contributed by atoms with E-state index in [4.69, 9.17) is 16.3 Å². The quantitative estimate of drug-likeness (QED) is 0.385. The van der Waals surface area contributed by atoms with Crippen LogP contribution in [-0.2, 0) is 12.7 Å². The molecular weight excluding hydrogens is 528 g/mol. The highest BCUT2D eigenvalue weighted by Gasteiger charge is 2.43. The minimum Gasteiger partial charge on any atom is -0.487 e. The van der Waals surface area contributed by atoms with Crippen molar-refractivity contribution in [1.29, 1.82) is 0 Å². The van der Waals surface area contributed by atoms with Gasteiger partial charge in [0.1, 0.15) is 11.9 Å². The van der Waals surface area contributed by atoms with E-state index in [2.05, 4.69) is 4.90 Å². The number of rotatable bonds is 6. The number of aromatic carboxylic acids is 1. The summed E-state index contributed by atoms with van der Waals surface area (Å²) in [6.07, 6.45) is -0.641. The topological polar surface area (TPSA) is 49.8 Å². The van der Waals surface area contributed by atoms with Gasteiger partial charge in [0, 0.05) is 18.6 Å². The maximum atomic E-state index is 14.5. The third kappa shape index (κ3) is 5.29. The van der Waals surface area contributed by atoms with Gasteiger partial charge in [0.05, 0.1) is 16.1 Å². The largest absolute Gasteiger partial charge is 0.487 e. The molecule has 3 aliphatic rings. The number of fused-ring (bicyclic) bond motifs is 2. The number of halogens is 7. The normalized spacial score (nSPS) is 23.9. The Morgan fingerprint density at radius 1 is 1.06 bits per heavy atom. The van der Waals surface area contributed by atoms with E-state index in [1.165, 1.54) is 12.1 Å². The van der Waals surface area contributed by atoms with Gasteiger partial charge in [0.25, 0.3) is 0 Å². The molecule has 2 saturated heterocycles. The Balaban J connectivity index is 0.00000304. The van der Waals surface area contributed by atoms with E-state index in [0.717, 1.165) is 36.8 Å². The first-order valence-electron chi connectivity index (χ1n) is 11.6. The summed E-state index contributed by atoms with van der Waals surface area (Å²) < 4.78 is 74.0. The lowest BCUT2D eigenvalue weighted by Crippen LogP contribution is -2.46. The lowest BCUT2D eigenvalue weighted by atomic mass is 9.95. The second-order valence-corrected chi connectivity index (χ2v) is 10.1. The standard InChI is InChI=1S/C25H23ClF5NO3.ClH/c26-20-6-14(25(29,30)31)7-22(23(20)28)35-17-8-15-3-4-16(9-17)32(15)11-13-5-21(27)19(24(33)34)10-18(13)12-1-2-12;/h5-7,10,12,15-17H,1-4,8-9,11H2,(H,33,34);1H/t15-,16+,17+;. The average Bonchev–Trinajstić information content (AvgIpc) is 3.57. The molecule has 2 aromatic carbocycles. The van der Waals surface area contributed by atoms with Gasteiger partial charge in [-0.25, -0.2) is 13.6 Å². The first-order chi connectivity index (χ1) is 16.5. The van der Waals surface area contributed by atoms with Gasteiger partial charge < -0.3 is 9.84 Å². The van der Waals surface area contributed by atoms with Crippen molar-refractivity contribution in [2.75, 3.05) is 0 Å². The molecular formula is C25H24Cl2F5NO3. The summed E-state index contributed by atoms with van der Waals surface area (Å²) in [5, 5.41) is 8.64. The van der Waals surface area contributed by atoms with Crippen LogP contribution in [0.5, 0.6) is 5.75 Å². The highest BCUT2D eigenvalue weighted by molar-refractivity contribution is 6.31. The molecule has 0 aromatic heterocycles. The fourth-order valence-electron chi connectivity index (χ4n) is 5.47. The van der Waals surface area contributed by atoms with Crippen LogP contribution in [0.4, 0.5) is 22.0 Å². The van der Waals surface area contributed by atoms with Gasteiger partial charge in [-0.2, -0.15) is 13.2 Å². The van der Waals surface area contributed by atoms with Crippen molar-refractivity contribution >= 4 is 30.0 Å². The number of carboxylic acid groups (broad SMARTS) is 1. The second kappa shape index (κ2) is 9.99. The number of nitrogens with zero attached hydrogens (tertiary/aromatic N) is 1. The zero-order chi connectivity index (χ0) is 25.1. The van der Waals surface area contributed by atoms with Crippen LogP contribution in [0.3, 0.4) is 0 Å².